The summed E-state index contributed by atoms with van der Waals surface area (Å²) in [6.07, 6.45) is 0. The van der Waals surface area contributed by atoms with Crippen molar-refractivity contribution in [2.24, 2.45) is 5.92 Å². The molecule has 0 radical (unpaired) electrons. The van der Waals surface area contributed by atoms with Crippen molar-refractivity contribution >= 4 is 11.6 Å². The zero-order valence-electron chi connectivity index (χ0n) is 10.1. The van der Waals surface area contributed by atoms with Crippen molar-refractivity contribution < 1.29 is 14.6 Å². The molecule has 0 aliphatic carbocycles. The van der Waals surface area contributed by atoms with Gasteiger partial charge in [-0.2, -0.15) is 0 Å². The van der Waals surface area contributed by atoms with Gasteiger partial charge in [0.25, 0.3) is 5.91 Å². The van der Waals surface area contributed by atoms with E-state index in [-0.39, 0.29) is 25.0 Å². The van der Waals surface area contributed by atoms with Gasteiger partial charge in [-0.25, -0.2) is 0 Å². The molecule has 0 aromatic heterocycles. The first-order chi connectivity index (χ1) is 8.11. The SMILES string of the molecule is Cc1ccc2c(c1)N(CC(C)CO)C(=O)CO2. The first-order valence-corrected chi connectivity index (χ1v) is 5.76. The second kappa shape index (κ2) is 4.75. The van der Waals surface area contributed by atoms with E-state index < -0.39 is 0 Å². The molecular weight excluding hydrogens is 218 g/mol. The first-order valence-electron chi connectivity index (χ1n) is 5.76. The number of carbonyl (C=O) groups is 1. The predicted octanol–water partition coefficient (Wildman–Crippen LogP) is 1.35. The van der Waals surface area contributed by atoms with Gasteiger partial charge in [-0.05, 0) is 30.5 Å². The maximum absolute atomic E-state index is 11.8. The van der Waals surface area contributed by atoms with E-state index in [2.05, 4.69) is 0 Å². The highest BCUT2D eigenvalue weighted by Crippen LogP contribution is 2.33. The number of fused-ring (bicyclic) bond motifs is 1. The number of amides is 1. The highest BCUT2D eigenvalue weighted by Gasteiger charge is 2.26. The minimum absolute atomic E-state index is 0.0524. The first kappa shape index (κ1) is 11.9. The fourth-order valence-corrected chi connectivity index (χ4v) is 1.88. The molecule has 0 saturated carbocycles. The number of ether oxygens (including phenoxy) is 1. The van der Waals surface area contributed by atoms with Crippen LogP contribution < -0.4 is 9.64 Å². The molecule has 4 nitrogen and oxygen atoms in total. The van der Waals surface area contributed by atoms with Gasteiger partial charge in [-0.15, -0.1) is 0 Å². The predicted molar refractivity (Wildman–Crippen MR) is 65.3 cm³/mol. The summed E-state index contributed by atoms with van der Waals surface area (Å²) in [6.45, 7) is 4.57. The minimum Gasteiger partial charge on any atom is -0.482 e. The van der Waals surface area contributed by atoms with Crippen molar-refractivity contribution in [3.05, 3.63) is 23.8 Å². The van der Waals surface area contributed by atoms with Gasteiger partial charge in [-0.1, -0.05) is 13.0 Å². The van der Waals surface area contributed by atoms with E-state index in [0.29, 0.717) is 6.54 Å². The minimum atomic E-state index is -0.0524. The van der Waals surface area contributed by atoms with Crippen LogP contribution in [0, 0.1) is 12.8 Å². The Morgan fingerprint density at radius 2 is 2.29 bits per heavy atom. The number of aliphatic hydroxyl groups excluding tert-OH is 1. The molecule has 4 heteroatoms. The van der Waals surface area contributed by atoms with Crippen molar-refractivity contribution in [2.75, 3.05) is 24.7 Å². The van der Waals surface area contributed by atoms with E-state index in [1.165, 1.54) is 0 Å². The Labute approximate surface area is 101 Å². The molecule has 1 amide bonds. The summed E-state index contributed by atoms with van der Waals surface area (Å²) in [4.78, 5) is 13.5. The fraction of sp³-hybridized carbons (Fsp3) is 0.462. The molecule has 92 valence electrons. The Balaban J connectivity index is 2.32. The van der Waals surface area contributed by atoms with Gasteiger partial charge in [0.05, 0.1) is 5.69 Å². The van der Waals surface area contributed by atoms with Crippen LogP contribution in [-0.2, 0) is 4.79 Å². The quantitative estimate of drug-likeness (QED) is 0.860. The molecule has 1 atom stereocenters. The van der Waals surface area contributed by atoms with Crippen LogP contribution in [0.3, 0.4) is 0 Å². The van der Waals surface area contributed by atoms with Crippen LogP contribution in [0.4, 0.5) is 5.69 Å². The lowest BCUT2D eigenvalue weighted by atomic mass is 10.1. The molecule has 1 aromatic rings. The summed E-state index contributed by atoms with van der Waals surface area (Å²) < 4.78 is 5.38. The Morgan fingerprint density at radius 3 is 3.00 bits per heavy atom. The standard InChI is InChI=1S/C13H17NO3/c1-9-3-4-12-11(5-9)14(6-10(2)7-15)13(16)8-17-12/h3-5,10,15H,6-8H2,1-2H3. The van der Waals surface area contributed by atoms with E-state index >= 15 is 0 Å². The third-order valence-corrected chi connectivity index (χ3v) is 2.86. The topological polar surface area (TPSA) is 49.8 Å². The van der Waals surface area contributed by atoms with E-state index in [1.807, 2.05) is 32.0 Å². The fourth-order valence-electron chi connectivity index (χ4n) is 1.88. The molecule has 17 heavy (non-hydrogen) atoms. The Hall–Kier alpha value is -1.55. The number of anilines is 1. The van der Waals surface area contributed by atoms with Gasteiger partial charge in [-0.3, -0.25) is 4.79 Å². The normalized spacial score (nSPS) is 16.4. The number of benzene rings is 1. The molecule has 1 aromatic carbocycles. The van der Waals surface area contributed by atoms with E-state index in [4.69, 9.17) is 9.84 Å². The molecule has 2 rings (SSSR count). The van der Waals surface area contributed by atoms with Gasteiger partial charge in [0.2, 0.25) is 0 Å². The Kier molecular flexibility index (Phi) is 3.33. The second-order valence-electron chi connectivity index (χ2n) is 4.55. The molecule has 0 saturated heterocycles. The van der Waals surface area contributed by atoms with Crippen LogP contribution in [0.2, 0.25) is 0 Å². The van der Waals surface area contributed by atoms with Gasteiger partial charge in [0.15, 0.2) is 6.61 Å². The van der Waals surface area contributed by atoms with Crippen LogP contribution in [0.1, 0.15) is 12.5 Å². The average Bonchev–Trinajstić information content (AvgIpc) is 2.32. The lowest BCUT2D eigenvalue weighted by molar-refractivity contribution is -0.121. The molecule has 1 aliphatic heterocycles. The second-order valence-corrected chi connectivity index (χ2v) is 4.55. The third-order valence-electron chi connectivity index (χ3n) is 2.86. The van der Waals surface area contributed by atoms with Crippen molar-refractivity contribution in [1.82, 2.24) is 0 Å². The van der Waals surface area contributed by atoms with Crippen LogP contribution in [0.15, 0.2) is 18.2 Å². The summed E-state index contributed by atoms with van der Waals surface area (Å²) in [5.41, 5.74) is 1.89. The molecule has 1 N–H and O–H groups in total. The molecule has 0 fully saturated rings. The number of nitrogens with zero attached hydrogens (tertiary/aromatic N) is 1. The number of hydrogen-bond donors (Lipinski definition) is 1. The highest BCUT2D eigenvalue weighted by atomic mass is 16.5. The average molecular weight is 235 g/mol. The zero-order chi connectivity index (χ0) is 12.4. The van der Waals surface area contributed by atoms with Gasteiger partial charge in [0.1, 0.15) is 5.75 Å². The smallest absolute Gasteiger partial charge is 0.265 e. The largest absolute Gasteiger partial charge is 0.482 e. The number of aliphatic hydroxyl groups is 1. The van der Waals surface area contributed by atoms with Gasteiger partial charge in [0, 0.05) is 13.2 Å². The third kappa shape index (κ3) is 2.42. The molecular formula is C13H17NO3. The highest BCUT2D eigenvalue weighted by molar-refractivity contribution is 5.97. The van der Waals surface area contributed by atoms with Crippen molar-refractivity contribution in [3.63, 3.8) is 0 Å². The van der Waals surface area contributed by atoms with Crippen LogP contribution in [-0.4, -0.2) is 30.8 Å². The lowest BCUT2D eigenvalue weighted by Crippen LogP contribution is -2.41. The molecule has 0 spiro atoms. The van der Waals surface area contributed by atoms with Gasteiger partial charge < -0.3 is 14.7 Å². The van der Waals surface area contributed by atoms with Gasteiger partial charge >= 0.3 is 0 Å². The van der Waals surface area contributed by atoms with E-state index in [9.17, 15) is 4.79 Å². The monoisotopic (exact) mass is 235 g/mol. The summed E-state index contributed by atoms with van der Waals surface area (Å²) >= 11 is 0. The van der Waals surface area contributed by atoms with Crippen molar-refractivity contribution in [2.45, 2.75) is 13.8 Å². The van der Waals surface area contributed by atoms with E-state index in [1.54, 1.807) is 4.90 Å². The Bertz CT molecular complexity index is 431. The molecule has 0 bridgehead atoms. The molecule has 1 aliphatic rings. The number of aryl methyl sites for hydroxylation is 1. The molecule has 1 heterocycles. The number of hydrogen-bond acceptors (Lipinski definition) is 3. The number of rotatable bonds is 3. The maximum atomic E-state index is 11.8. The van der Waals surface area contributed by atoms with E-state index in [0.717, 1.165) is 17.0 Å². The summed E-state index contributed by atoms with van der Waals surface area (Å²) in [5, 5.41) is 9.09. The Morgan fingerprint density at radius 1 is 1.53 bits per heavy atom. The number of carbonyl (C=O) groups excluding carboxylic acids is 1. The lowest BCUT2D eigenvalue weighted by Gasteiger charge is -2.31. The summed E-state index contributed by atoms with van der Waals surface area (Å²) in [5.74, 6) is 0.745. The van der Waals surface area contributed by atoms with Crippen molar-refractivity contribution in [3.8, 4) is 5.75 Å². The summed E-state index contributed by atoms with van der Waals surface area (Å²) in [6, 6.07) is 5.78. The van der Waals surface area contributed by atoms with Crippen LogP contribution in [0.25, 0.3) is 0 Å². The zero-order valence-corrected chi connectivity index (χ0v) is 10.1. The van der Waals surface area contributed by atoms with Crippen LogP contribution in [0.5, 0.6) is 5.75 Å². The molecule has 1 unspecified atom stereocenters. The maximum Gasteiger partial charge on any atom is 0.265 e. The van der Waals surface area contributed by atoms with Crippen molar-refractivity contribution in [1.29, 1.82) is 0 Å². The van der Waals surface area contributed by atoms with Crippen LogP contribution >= 0.6 is 0 Å². The summed E-state index contributed by atoms with van der Waals surface area (Å²) in [7, 11) is 0.